The van der Waals surface area contributed by atoms with Crippen LogP contribution in [0.4, 0.5) is 11.4 Å². The lowest BCUT2D eigenvalue weighted by molar-refractivity contribution is -0.120. The Labute approximate surface area is 152 Å². The minimum atomic E-state index is -0.800. The number of carbonyl (C=O) groups excluding carboxylic acids is 1. The molecule has 2 aromatic rings. The average molecular weight is 353 g/mol. The monoisotopic (exact) mass is 353 g/mol. The number of hydrogen-bond acceptors (Lipinski definition) is 5. The molecule has 0 radical (unpaired) electrons. The van der Waals surface area contributed by atoms with E-state index in [0.717, 1.165) is 11.3 Å². The summed E-state index contributed by atoms with van der Waals surface area (Å²) in [5.41, 5.74) is 1.60. The Hall–Kier alpha value is -2.65. The second-order valence-corrected chi connectivity index (χ2v) is 7.04. The third kappa shape index (κ3) is 2.71. The fraction of sp³-hybridized carbons (Fsp3) is 0.263. The van der Waals surface area contributed by atoms with Crippen LogP contribution in [0.5, 0.6) is 5.75 Å². The number of benzene rings is 2. The van der Waals surface area contributed by atoms with E-state index >= 15 is 0 Å². The van der Waals surface area contributed by atoms with Crippen LogP contribution in [0.1, 0.15) is 25.0 Å². The molecule has 0 spiro atoms. The molecule has 6 heteroatoms. The van der Waals surface area contributed by atoms with E-state index < -0.39 is 11.0 Å². The molecule has 1 fully saturated rings. The van der Waals surface area contributed by atoms with Crippen LogP contribution in [0.2, 0.25) is 0 Å². The van der Waals surface area contributed by atoms with Crippen molar-refractivity contribution in [3.05, 3.63) is 53.6 Å². The molecule has 5 nitrogen and oxygen atoms in total. The smallest absolute Gasteiger partial charge is 0.254 e. The average Bonchev–Trinajstić information content (AvgIpc) is 2.74. The van der Waals surface area contributed by atoms with Gasteiger partial charge >= 0.3 is 0 Å². The van der Waals surface area contributed by atoms with E-state index in [-0.39, 0.29) is 11.7 Å². The molecule has 2 aromatic carbocycles. The molecule has 0 bridgehead atoms. The van der Waals surface area contributed by atoms with Crippen molar-refractivity contribution in [2.24, 2.45) is 0 Å². The number of hydrogen-bond donors (Lipinski definition) is 2. The van der Waals surface area contributed by atoms with Crippen molar-refractivity contribution >= 4 is 29.9 Å². The minimum absolute atomic E-state index is 0.0790. The minimum Gasteiger partial charge on any atom is -0.508 e. The van der Waals surface area contributed by atoms with Gasteiger partial charge in [0.05, 0.1) is 11.6 Å². The van der Waals surface area contributed by atoms with Gasteiger partial charge in [-0.3, -0.25) is 9.69 Å². The number of rotatable bonds is 2. The van der Waals surface area contributed by atoms with E-state index in [1.807, 2.05) is 31.7 Å². The fourth-order valence-corrected chi connectivity index (χ4v) is 3.81. The molecule has 25 heavy (non-hydrogen) atoms. The Balaban J connectivity index is 2.05. The zero-order chi connectivity index (χ0) is 18.4. The first kappa shape index (κ1) is 17.2. The maximum atomic E-state index is 13.1. The third-order valence-electron chi connectivity index (χ3n) is 4.54. The van der Waals surface area contributed by atoms with Gasteiger partial charge in [-0.2, -0.15) is 5.26 Å². The van der Waals surface area contributed by atoms with Crippen molar-refractivity contribution in [2.45, 2.75) is 31.8 Å². The molecular formula is C19H19N3O2S. The lowest BCUT2D eigenvalue weighted by atomic mass is 10.0. The lowest BCUT2D eigenvalue weighted by Gasteiger charge is -2.33. The number of nitrogens with zero attached hydrogens (tertiary/aromatic N) is 3. The van der Waals surface area contributed by atoms with E-state index in [0.29, 0.717) is 11.3 Å². The van der Waals surface area contributed by atoms with E-state index in [4.69, 9.17) is 17.9 Å². The lowest BCUT2D eigenvalue weighted by Crippen LogP contribution is -2.44. The fourth-order valence-electron chi connectivity index (χ4n) is 3.15. The van der Waals surface area contributed by atoms with Gasteiger partial charge in [0.1, 0.15) is 11.3 Å². The number of nitriles is 1. The van der Waals surface area contributed by atoms with Crippen molar-refractivity contribution in [1.29, 1.82) is 5.26 Å². The van der Waals surface area contributed by atoms with Crippen LogP contribution in [-0.2, 0) is 4.79 Å². The number of amides is 1. The van der Waals surface area contributed by atoms with E-state index in [9.17, 15) is 9.90 Å². The van der Waals surface area contributed by atoms with Gasteiger partial charge in [-0.1, -0.05) is 0 Å². The maximum Gasteiger partial charge on any atom is 0.254 e. The summed E-state index contributed by atoms with van der Waals surface area (Å²) in [6.45, 7) is 5.54. The summed E-state index contributed by atoms with van der Waals surface area (Å²) >= 11 is 4.69. The topological polar surface area (TPSA) is 67.6 Å². The summed E-state index contributed by atoms with van der Waals surface area (Å²) in [6, 6.07) is 14.2. The van der Waals surface area contributed by atoms with Crippen LogP contribution in [0.3, 0.4) is 0 Å². The maximum absolute atomic E-state index is 13.1. The van der Waals surface area contributed by atoms with E-state index in [1.165, 1.54) is 0 Å². The number of anilines is 2. The SMILES string of the molecule is Cc1cc(N2C(=O)C(C)(C)N(c3ccc(O)cc3)C2S)ccc1C#N. The number of phenolic OH excluding ortho intramolecular Hbond substituents is 1. The normalized spacial score (nSPS) is 19.2. The van der Waals surface area contributed by atoms with Gasteiger partial charge < -0.3 is 10.0 Å². The predicted molar refractivity (Wildman–Crippen MR) is 101 cm³/mol. The molecule has 0 aliphatic carbocycles. The number of aryl methyl sites for hydroxylation is 1. The van der Waals surface area contributed by atoms with Gasteiger partial charge in [-0.25, -0.2) is 0 Å². The molecule has 128 valence electrons. The van der Waals surface area contributed by atoms with Crippen LogP contribution in [0, 0.1) is 18.3 Å². The van der Waals surface area contributed by atoms with Crippen molar-refractivity contribution in [2.75, 3.05) is 9.80 Å². The van der Waals surface area contributed by atoms with Crippen molar-refractivity contribution in [3.8, 4) is 11.8 Å². The first-order valence-electron chi connectivity index (χ1n) is 7.88. The van der Waals surface area contributed by atoms with E-state index in [2.05, 4.69) is 6.07 Å². The third-order valence-corrected chi connectivity index (χ3v) is 5.00. The molecule has 1 amide bonds. The van der Waals surface area contributed by atoms with Crippen LogP contribution >= 0.6 is 12.6 Å². The van der Waals surface area contributed by atoms with Gasteiger partial charge in [-0.15, -0.1) is 12.6 Å². The Morgan fingerprint density at radius 1 is 1.16 bits per heavy atom. The van der Waals surface area contributed by atoms with Gasteiger partial charge in [0, 0.05) is 11.4 Å². The first-order valence-corrected chi connectivity index (χ1v) is 8.40. The highest BCUT2D eigenvalue weighted by atomic mass is 32.1. The summed E-state index contributed by atoms with van der Waals surface area (Å²) in [5.74, 6) is 0.0899. The summed E-state index contributed by atoms with van der Waals surface area (Å²) in [6.07, 6.45) is 0. The van der Waals surface area contributed by atoms with E-state index in [1.54, 1.807) is 41.3 Å². The summed E-state index contributed by atoms with van der Waals surface area (Å²) in [4.78, 5) is 16.6. The Bertz CT molecular complexity index is 871. The van der Waals surface area contributed by atoms with Gasteiger partial charge in [0.15, 0.2) is 5.50 Å². The Kier molecular flexibility index (Phi) is 4.13. The van der Waals surface area contributed by atoms with Crippen LogP contribution in [0.25, 0.3) is 0 Å². The Morgan fingerprint density at radius 2 is 1.76 bits per heavy atom. The molecule has 1 N–H and O–H groups in total. The first-order chi connectivity index (χ1) is 11.8. The van der Waals surface area contributed by atoms with Gasteiger partial charge in [0.25, 0.3) is 5.91 Å². The Morgan fingerprint density at radius 3 is 2.32 bits per heavy atom. The number of aromatic hydroxyl groups is 1. The summed E-state index contributed by atoms with van der Waals surface area (Å²) < 4.78 is 0. The summed E-state index contributed by atoms with van der Waals surface area (Å²) in [7, 11) is 0. The molecule has 1 atom stereocenters. The highest BCUT2D eigenvalue weighted by molar-refractivity contribution is 7.81. The van der Waals surface area contributed by atoms with Crippen LogP contribution in [-0.4, -0.2) is 22.1 Å². The zero-order valence-corrected chi connectivity index (χ0v) is 15.2. The quantitative estimate of drug-likeness (QED) is 0.812. The van der Waals surface area contributed by atoms with Gasteiger partial charge in [0.2, 0.25) is 0 Å². The highest BCUT2D eigenvalue weighted by Crippen LogP contribution is 2.40. The van der Waals surface area contributed by atoms with Crippen molar-refractivity contribution in [3.63, 3.8) is 0 Å². The highest BCUT2D eigenvalue weighted by Gasteiger charge is 2.51. The number of phenols is 1. The van der Waals surface area contributed by atoms with Crippen LogP contribution < -0.4 is 9.80 Å². The zero-order valence-electron chi connectivity index (χ0n) is 14.3. The molecule has 0 aromatic heterocycles. The number of thiol groups is 1. The standard InChI is InChI=1S/C19H19N3O2S/c1-12-10-15(5-4-13(12)11-20)21-17(24)19(2,3)22(18(21)25)14-6-8-16(23)9-7-14/h4-10,18,23,25H,1-3H3. The predicted octanol–water partition coefficient (Wildman–Crippen LogP) is 3.42. The molecule has 1 aliphatic heterocycles. The van der Waals surface area contributed by atoms with Crippen LogP contribution in [0.15, 0.2) is 42.5 Å². The summed E-state index contributed by atoms with van der Waals surface area (Å²) in [5, 5.41) is 18.6. The molecule has 3 rings (SSSR count). The molecule has 1 aliphatic rings. The second kappa shape index (κ2) is 6.01. The van der Waals surface area contributed by atoms with Gasteiger partial charge in [-0.05, 0) is 68.8 Å². The number of carbonyl (C=O) groups is 1. The molecule has 0 saturated carbocycles. The molecule has 1 unspecified atom stereocenters. The molecule has 1 heterocycles. The second-order valence-electron chi connectivity index (χ2n) is 6.58. The van der Waals surface area contributed by atoms with Crippen molar-refractivity contribution < 1.29 is 9.90 Å². The molecular weight excluding hydrogens is 334 g/mol. The molecule has 1 saturated heterocycles. The van der Waals surface area contributed by atoms with Crippen molar-refractivity contribution in [1.82, 2.24) is 0 Å². The largest absolute Gasteiger partial charge is 0.508 e.